The SMILES string of the molecule is Cc1cc2c(cc1N)NC(C(=O)O)C(=O)N2. The van der Waals surface area contributed by atoms with Crippen molar-refractivity contribution in [1.29, 1.82) is 0 Å². The lowest BCUT2D eigenvalue weighted by Gasteiger charge is -2.24. The summed E-state index contributed by atoms with van der Waals surface area (Å²) in [5.74, 6) is -1.80. The molecule has 1 aromatic carbocycles. The zero-order valence-corrected chi connectivity index (χ0v) is 8.57. The van der Waals surface area contributed by atoms with Crippen LogP contribution in [-0.2, 0) is 9.59 Å². The highest BCUT2D eigenvalue weighted by molar-refractivity contribution is 6.14. The minimum Gasteiger partial charge on any atom is -0.479 e. The Morgan fingerprint density at radius 1 is 1.44 bits per heavy atom. The van der Waals surface area contributed by atoms with Gasteiger partial charge < -0.3 is 21.5 Å². The summed E-state index contributed by atoms with van der Waals surface area (Å²) in [5.41, 5.74) is 8.15. The van der Waals surface area contributed by atoms with E-state index in [9.17, 15) is 9.59 Å². The molecule has 1 aliphatic heterocycles. The number of rotatable bonds is 1. The van der Waals surface area contributed by atoms with Gasteiger partial charge in [0.15, 0.2) is 0 Å². The van der Waals surface area contributed by atoms with Crippen LogP contribution in [0.1, 0.15) is 5.56 Å². The van der Waals surface area contributed by atoms with Crippen molar-refractivity contribution in [3.05, 3.63) is 17.7 Å². The second kappa shape index (κ2) is 3.41. The first-order valence-electron chi connectivity index (χ1n) is 4.69. The van der Waals surface area contributed by atoms with Gasteiger partial charge in [-0.05, 0) is 24.6 Å². The number of carboxylic acid groups (broad SMARTS) is 1. The highest BCUT2D eigenvalue weighted by Crippen LogP contribution is 2.31. The normalized spacial score (nSPS) is 18.3. The lowest BCUT2D eigenvalue weighted by molar-refractivity contribution is -0.140. The van der Waals surface area contributed by atoms with E-state index in [4.69, 9.17) is 10.8 Å². The quantitative estimate of drug-likeness (QED) is 0.405. The van der Waals surface area contributed by atoms with E-state index in [-0.39, 0.29) is 0 Å². The lowest BCUT2D eigenvalue weighted by atomic mass is 10.1. The smallest absolute Gasteiger partial charge is 0.336 e. The third-order valence-electron chi connectivity index (χ3n) is 2.47. The Labute approximate surface area is 91.4 Å². The van der Waals surface area contributed by atoms with Crippen LogP contribution in [0.3, 0.4) is 0 Å². The van der Waals surface area contributed by atoms with Gasteiger partial charge in [-0.2, -0.15) is 0 Å². The molecule has 1 amide bonds. The number of amides is 1. The number of aryl methyl sites for hydroxylation is 1. The number of anilines is 3. The third kappa shape index (κ3) is 1.54. The summed E-state index contributed by atoms with van der Waals surface area (Å²) < 4.78 is 0. The van der Waals surface area contributed by atoms with Crippen LogP contribution in [0.4, 0.5) is 17.1 Å². The van der Waals surface area contributed by atoms with E-state index >= 15 is 0 Å². The van der Waals surface area contributed by atoms with Crippen LogP contribution in [0.25, 0.3) is 0 Å². The van der Waals surface area contributed by atoms with Gasteiger partial charge in [-0.25, -0.2) is 4.79 Å². The van der Waals surface area contributed by atoms with E-state index in [1.807, 2.05) is 6.92 Å². The Balaban J connectivity index is 2.43. The highest BCUT2D eigenvalue weighted by atomic mass is 16.4. The third-order valence-corrected chi connectivity index (χ3v) is 2.47. The van der Waals surface area contributed by atoms with E-state index in [1.165, 1.54) is 0 Å². The second-order valence-electron chi connectivity index (χ2n) is 3.66. The van der Waals surface area contributed by atoms with Crippen molar-refractivity contribution < 1.29 is 14.7 Å². The van der Waals surface area contributed by atoms with E-state index in [0.29, 0.717) is 17.1 Å². The van der Waals surface area contributed by atoms with Gasteiger partial charge in [0.2, 0.25) is 6.04 Å². The van der Waals surface area contributed by atoms with Gasteiger partial charge in [-0.3, -0.25) is 4.79 Å². The van der Waals surface area contributed by atoms with Gasteiger partial charge >= 0.3 is 5.97 Å². The number of hydrogen-bond donors (Lipinski definition) is 4. The summed E-state index contributed by atoms with van der Waals surface area (Å²) in [7, 11) is 0. The molecule has 0 aromatic heterocycles. The van der Waals surface area contributed by atoms with Crippen molar-refractivity contribution in [2.45, 2.75) is 13.0 Å². The first-order chi connectivity index (χ1) is 7.49. The van der Waals surface area contributed by atoms with Gasteiger partial charge in [0, 0.05) is 5.69 Å². The molecule has 6 nitrogen and oxygen atoms in total. The molecular weight excluding hydrogens is 210 g/mol. The molecule has 16 heavy (non-hydrogen) atoms. The summed E-state index contributed by atoms with van der Waals surface area (Å²) >= 11 is 0. The first-order valence-corrected chi connectivity index (χ1v) is 4.69. The van der Waals surface area contributed by atoms with Crippen molar-refractivity contribution >= 4 is 28.9 Å². The number of nitrogen functional groups attached to an aromatic ring is 1. The number of carbonyl (C=O) groups is 2. The molecule has 84 valence electrons. The molecule has 6 heteroatoms. The molecule has 1 unspecified atom stereocenters. The fourth-order valence-corrected chi connectivity index (χ4v) is 1.55. The molecule has 0 spiro atoms. The zero-order chi connectivity index (χ0) is 11.9. The van der Waals surface area contributed by atoms with Crippen LogP contribution in [0, 0.1) is 6.92 Å². The van der Waals surface area contributed by atoms with Gasteiger partial charge in [-0.15, -0.1) is 0 Å². The number of hydrogen-bond acceptors (Lipinski definition) is 4. The molecular formula is C10H11N3O3. The number of benzene rings is 1. The summed E-state index contributed by atoms with van der Waals surface area (Å²) in [6.45, 7) is 1.81. The van der Waals surface area contributed by atoms with E-state index < -0.39 is 17.9 Å². The number of carboxylic acids is 1. The maximum Gasteiger partial charge on any atom is 0.336 e. The van der Waals surface area contributed by atoms with Crippen molar-refractivity contribution in [2.24, 2.45) is 0 Å². The molecule has 0 radical (unpaired) electrons. The topological polar surface area (TPSA) is 104 Å². The monoisotopic (exact) mass is 221 g/mol. The predicted octanol–water partition coefficient (Wildman–Crippen LogP) is 0.394. The fraction of sp³-hybridized carbons (Fsp3) is 0.200. The van der Waals surface area contributed by atoms with Crippen molar-refractivity contribution in [3.8, 4) is 0 Å². The molecule has 0 saturated heterocycles. The predicted molar refractivity (Wildman–Crippen MR) is 59.3 cm³/mol. The van der Waals surface area contributed by atoms with Gasteiger partial charge in [0.25, 0.3) is 5.91 Å². The average Bonchev–Trinajstić information content (AvgIpc) is 2.19. The van der Waals surface area contributed by atoms with Crippen molar-refractivity contribution in [1.82, 2.24) is 0 Å². The molecule has 0 aliphatic carbocycles. The average molecular weight is 221 g/mol. The van der Waals surface area contributed by atoms with Crippen LogP contribution in [0.5, 0.6) is 0 Å². The highest BCUT2D eigenvalue weighted by Gasteiger charge is 2.31. The number of fused-ring (bicyclic) bond motifs is 1. The molecule has 0 fully saturated rings. The maximum absolute atomic E-state index is 11.4. The van der Waals surface area contributed by atoms with Gasteiger partial charge in [0.05, 0.1) is 11.4 Å². The maximum atomic E-state index is 11.4. The van der Waals surface area contributed by atoms with Crippen LogP contribution in [-0.4, -0.2) is 23.0 Å². The fourth-order valence-electron chi connectivity index (χ4n) is 1.55. The van der Waals surface area contributed by atoms with E-state index in [2.05, 4.69) is 10.6 Å². The lowest BCUT2D eigenvalue weighted by Crippen LogP contribution is -2.44. The first kappa shape index (κ1) is 10.3. The Morgan fingerprint density at radius 3 is 2.75 bits per heavy atom. The Morgan fingerprint density at radius 2 is 2.12 bits per heavy atom. The van der Waals surface area contributed by atoms with Crippen LogP contribution in [0.15, 0.2) is 12.1 Å². The zero-order valence-electron chi connectivity index (χ0n) is 8.57. The largest absolute Gasteiger partial charge is 0.479 e. The van der Waals surface area contributed by atoms with E-state index in [0.717, 1.165) is 5.56 Å². The van der Waals surface area contributed by atoms with Crippen molar-refractivity contribution in [3.63, 3.8) is 0 Å². The number of nitrogens with two attached hydrogens (primary N) is 1. The minimum absolute atomic E-state index is 0.523. The number of nitrogens with one attached hydrogen (secondary N) is 2. The molecule has 0 bridgehead atoms. The minimum atomic E-state index is -1.27. The summed E-state index contributed by atoms with van der Waals surface area (Å²) in [6, 6.07) is 2.04. The Hall–Kier alpha value is -2.24. The molecule has 1 aliphatic rings. The summed E-state index contributed by atoms with van der Waals surface area (Å²) in [6.07, 6.45) is 0. The van der Waals surface area contributed by atoms with Gasteiger partial charge in [-0.1, -0.05) is 0 Å². The molecule has 5 N–H and O–H groups in total. The van der Waals surface area contributed by atoms with Crippen LogP contribution < -0.4 is 16.4 Å². The molecule has 1 aromatic rings. The van der Waals surface area contributed by atoms with Crippen LogP contribution >= 0.6 is 0 Å². The molecule has 0 saturated carbocycles. The molecule has 2 rings (SSSR count). The summed E-state index contributed by atoms with van der Waals surface area (Å²) in [4.78, 5) is 22.2. The second-order valence-corrected chi connectivity index (χ2v) is 3.66. The van der Waals surface area contributed by atoms with Gasteiger partial charge in [0.1, 0.15) is 0 Å². The Bertz CT molecular complexity index is 484. The molecule has 1 atom stereocenters. The Kier molecular flexibility index (Phi) is 2.19. The van der Waals surface area contributed by atoms with Crippen LogP contribution in [0.2, 0.25) is 0 Å². The number of aliphatic carboxylic acids is 1. The summed E-state index contributed by atoms with van der Waals surface area (Å²) in [5, 5.41) is 13.9. The van der Waals surface area contributed by atoms with Crippen molar-refractivity contribution in [2.75, 3.05) is 16.4 Å². The molecule has 1 heterocycles. The standard InChI is InChI=1S/C10H11N3O3/c1-4-2-6-7(3-5(4)11)12-8(10(15)16)9(14)13-6/h2-3,8,12H,11H2,1H3,(H,13,14)(H,15,16). The van der Waals surface area contributed by atoms with E-state index in [1.54, 1.807) is 12.1 Å². The number of carbonyl (C=O) groups excluding carboxylic acids is 1.